The molecule has 1 aromatic carbocycles. The van der Waals surface area contributed by atoms with E-state index >= 15 is 0 Å². The summed E-state index contributed by atoms with van der Waals surface area (Å²) in [5.41, 5.74) is 1.93. The van der Waals surface area contributed by atoms with Gasteiger partial charge in [0.05, 0.1) is 6.26 Å². The Morgan fingerprint density at radius 2 is 1.96 bits per heavy atom. The van der Waals surface area contributed by atoms with E-state index in [1.807, 2.05) is 36.4 Å². The number of carbonyl (C=O) groups is 1. The molecule has 0 radical (unpaired) electrons. The maximum atomic E-state index is 12.0. The minimum atomic E-state index is -0.197. The van der Waals surface area contributed by atoms with E-state index in [2.05, 4.69) is 31.4 Å². The second kappa shape index (κ2) is 8.55. The van der Waals surface area contributed by atoms with Gasteiger partial charge in [0.15, 0.2) is 0 Å². The molecule has 2 amide bonds. The molecular weight excluding hydrogens is 304 g/mol. The van der Waals surface area contributed by atoms with Crippen LogP contribution in [0.25, 0.3) is 0 Å². The lowest BCUT2D eigenvalue weighted by Gasteiger charge is -2.23. The van der Waals surface area contributed by atoms with Crippen molar-refractivity contribution in [3.8, 4) is 0 Å². The molecule has 130 valence electrons. The monoisotopic (exact) mass is 330 g/mol. The molecule has 0 saturated carbocycles. The third kappa shape index (κ3) is 5.74. The van der Waals surface area contributed by atoms with Gasteiger partial charge in [0, 0.05) is 18.8 Å². The fourth-order valence-electron chi connectivity index (χ4n) is 2.36. The zero-order valence-electron chi connectivity index (χ0n) is 14.6. The molecule has 0 spiro atoms. The number of hydrogen-bond acceptors (Lipinski definition) is 3. The molecule has 0 atom stereocenters. The van der Waals surface area contributed by atoms with Crippen LogP contribution < -0.4 is 10.6 Å². The lowest BCUT2D eigenvalue weighted by molar-refractivity contribution is 0.104. The minimum absolute atomic E-state index is 0.0242. The van der Waals surface area contributed by atoms with Gasteiger partial charge in [-0.25, -0.2) is 4.79 Å². The third-order valence-corrected chi connectivity index (χ3v) is 3.56. The topological polar surface area (TPSA) is 63.5 Å². The van der Waals surface area contributed by atoms with Gasteiger partial charge >= 0.3 is 6.03 Å². The first-order chi connectivity index (χ1) is 11.5. The Hall–Kier alpha value is -2.27. The average Bonchev–Trinajstić information content (AvgIpc) is 3.03. The van der Waals surface area contributed by atoms with Gasteiger partial charge < -0.3 is 19.8 Å². The maximum Gasteiger partial charge on any atom is 0.319 e. The molecule has 0 saturated heterocycles. The molecule has 0 aliphatic carbocycles. The fourth-order valence-corrected chi connectivity index (χ4v) is 2.36. The van der Waals surface area contributed by atoms with E-state index in [4.69, 9.17) is 9.15 Å². The molecule has 2 N–H and O–H groups in total. The number of hydrogen-bond donors (Lipinski definition) is 2. The number of carbonyl (C=O) groups excluding carboxylic acids is 1. The van der Waals surface area contributed by atoms with E-state index in [1.54, 1.807) is 6.26 Å². The normalized spacial score (nSPS) is 11.3. The van der Waals surface area contributed by atoms with Crippen LogP contribution in [0.1, 0.15) is 38.5 Å². The number of rotatable bonds is 7. The number of benzene rings is 1. The van der Waals surface area contributed by atoms with Gasteiger partial charge in [-0.3, -0.25) is 0 Å². The van der Waals surface area contributed by atoms with E-state index in [0.717, 1.165) is 23.4 Å². The summed E-state index contributed by atoms with van der Waals surface area (Å²) in [7, 11) is 0. The predicted molar refractivity (Wildman–Crippen MR) is 95.1 cm³/mol. The first kappa shape index (κ1) is 18.1. The Kier molecular flexibility index (Phi) is 6.44. The highest BCUT2D eigenvalue weighted by Crippen LogP contribution is 2.29. The van der Waals surface area contributed by atoms with E-state index < -0.39 is 0 Å². The molecule has 5 nitrogen and oxygen atoms in total. The highest BCUT2D eigenvalue weighted by molar-refractivity contribution is 5.90. The molecule has 5 heteroatoms. The molecule has 2 rings (SSSR count). The predicted octanol–water partition coefficient (Wildman–Crippen LogP) is 4.31. The number of urea groups is 1. The smallest absolute Gasteiger partial charge is 0.319 e. The quantitative estimate of drug-likeness (QED) is 0.744. The summed E-state index contributed by atoms with van der Waals surface area (Å²) in [5, 5.41) is 5.77. The van der Waals surface area contributed by atoms with Gasteiger partial charge in [0.25, 0.3) is 0 Å². The first-order valence-corrected chi connectivity index (χ1v) is 8.21. The van der Waals surface area contributed by atoms with Crippen molar-refractivity contribution in [1.82, 2.24) is 5.32 Å². The van der Waals surface area contributed by atoms with Gasteiger partial charge in [-0.2, -0.15) is 0 Å². The van der Waals surface area contributed by atoms with E-state index in [-0.39, 0.29) is 11.4 Å². The van der Waals surface area contributed by atoms with Crippen molar-refractivity contribution < 1.29 is 13.9 Å². The summed E-state index contributed by atoms with van der Waals surface area (Å²) in [4.78, 5) is 12.0. The zero-order valence-corrected chi connectivity index (χ0v) is 14.6. The average molecular weight is 330 g/mol. The van der Waals surface area contributed by atoms with Crippen LogP contribution in [0.2, 0.25) is 0 Å². The Bertz CT molecular complexity index is 630. The van der Waals surface area contributed by atoms with Crippen LogP contribution in [0.4, 0.5) is 10.5 Å². The van der Waals surface area contributed by atoms with Crippen LogP contribution in [0.3, 0.4) is 0 Å². The van der Waals surface area contributed by atoms with Gasteiger partial charge in [-0.15, -0.1) is 0 Å². The lowest BCUT2D eigenvalue weighted by Crippen LogP contribution is -2.31. The van der Waals surface area contributed by atoms with Crippen molar-refractivity contribution in [3.63, 3.8) is 0 Å². The molecule has 0 fully saturated rings. The second-order valence-corrected chi connectivity index (χ2v) is 6.66. The fraction of sp³-hybridized carbons (Fsp3) is 0.421. The zero-order chi connectivity index (χ0) is 17.4. The number of amides is 2. The van der Waals surface area contributed by atoms with Gasteiger partial charge in [0.2, 0.25) is 0 Å². The van der Waals surface area contributed by atoms with Crippen LogP contribution in [0.5, 0.6) is 0 Å². The van der Waals surface area contributed by atoms with Gasteiger partial charge in [0.1, 0.15) is 12.4 Å². The van der Waals surface area contributed by atoms with Gasteiger partial charge in [-0.05, 0) is 35.6 Å². The third-order valence-electron chi connectivity index (χ3n) is 3.56. The van der Waals surface area contributed by atoms with Crippen LogP contribution in [0, 0.1) is 0 Å². The van der Waals surface area contributed by atoms with E-state index in [1.165, 1.54) is 0 Å². The van der Waals surface area contributed by atoms with Crippen molar-refractivity contribution in [3.05, 3.63) is 54.0 Å². The van der Waals surface area contributed by atoms with Gasteiger partial charge in [-0.1, -0.05) is 39.0 Å². The molecular formula is C19H26N2O3. The van der Waals surface area contributed by atoms with Crippen LogP contribution in [0.15, 0.2) is 47.1 Å². The number of nitrogens with one attached hydrogen (secondary N) is 2. The SMILES string of the molecule is CC(C)(C)c1ccccc1NC(=O)NCCCOCc1ccco1. The van der Waals surface area contributed by atoms with Crippen molar-refractivity contribution in [2.75, 3.05) is 18.5 Å². The van der Waals surface area contributed by atoms with Crippen molar-refractivity contribution in [1.29, 1.82) is 0 Å². The molecule has 0 bridgehead atoms. The second-order valence-electron chi connectivity index (χ2n) is 6.66. The molecule has 1 aromatic heterocycles. The minimum Gasteiger partial charge on any atom is -0.467 e. The number of anilines is 1. The Labute approximate surface area is 143 Å². The summed E-state index contributed by atoms with van der Waals surface area (Å²) in [6.07, 6.45) is 2.37. The standard InChI is InChI=1S/C19H26N2O3/c1-19(2,3)16-9-4-5-10-17(16)21-18(22)20-11-7-12-23-14-15-8-6-13-24-15/h4-6,8-10,13H,7,11-12,14H2,1-3H3,(H2,20,21,22). The molecule has 0 aliphatic rings. The summed E-state index contributed by atoms with van der Waals surface area (Å²) in [6, 6.07) is 11.4. The largest absolute Gasteiger partial charge is 0.467 e. The first-order valence-electron chi connectivity index (χ1n) is 8.21. The maximum absolute atomic E-state index is 12.0. The Balaban J connectivity index is 1.68. The highest BCUT2D eigenvalue weighted by Gasteiger charge is 2.18. The molecule has 24 heavy (non-hydrogen) atoms. The molecule has 0 aliphatic heterocycles. The van der Waals surface area contributed by atoms with Crippen molar-refractivity contribution in [2.45, 2.75) is 39.2 Å². The molecule has 1 heterocycles. The van der Waals surface area contributed by atoms with Crippen molar-refractivity contribution >= 4 is 11.7 Å². The summed E-state index contributed by atoms with van der Waals surface area (Å²) >= 11 is 0. The Morgan fingerprint density at radius 1 is 1.17 bits per heavy atom. The molecule has 0 unspecified atom stereocenters. The summed E-state index contributed by atoms with van der Waals surface area (Å²) < 4.78 is 10.7. The van der Waals surface area contributed by atoms with Crippen LogP contribution in [-0.4, -0.2) is 19.2 Å². The number of furan rings is 1. The summed E-state index contributed by atoms with van der Waals surface area (Å²) in [6.45, 7) is 7.96. The van der Waals surface area contributed by atoms with Crippen LogP contribution in [-0.2, 0) is 16.8 Å². The summed E-state index contributed by atoms with van der Waals surface area (Å²) in [5.74, 6) is 0.805. The number of para-hydroxylation sites is 1. The van der Waals surface area contributed by atoms with E-state index in [9.17, 15) is 4.79 Å². The molecule has 2 aromatic rings. The number of ether oxygens (including phenoxy) is 1. The lowest BCUT2D eigenvalue weighted by atomic mass is 9.86. The van der Waals surface area contributed by atoms with Crippen LogP contribution >= 0.6 is 0 Å². The van der Waals surface area contributed by atoms with E-state index in [0.29, 0.717) is 19.8 Å². The Morgan fingerprint density at radius 3 is 2.67 bits per heavy atom. The van der Waals surface area contributed by atoms with Crippen molar-refractivity contribution in [2.24, 2.45) is 0 Å². The highest BCUT2D eigenvalue weighted by atomic mass is 16.5.